The third-order valence-electron chi connectivity index (χ3n) is 3.24. The molecule has 0 unspecified atom stereocenters. The van der Waals surface area contributed by atoms with Gasteiger partial charge < -0.3 is 10.5 Å². The van der Waals surface area contributed by atoms with Gasteiger partial charge in [0.15, 0.2) is 0 Å². The van der Waals surface area contributed by atoms with Crippen molar-refractivity contribution in [1.82, 2.24) is 0 Å². The van der Waals surface area contributed by atoms with Crippen molar-refractivity contribution >= 4 is 17.3 Å². The fourth-order valence-corrected chi connectivity index (χ4v) is 3.14. The lowest BCUT2D eigenvalue weighted by Gasteiger charge is -2.40. The van der Waals surface area contributed by atoms with Crippen molar-refractivity contribution in [3.63, 3.8) is 0 Å². The Labute approximate surface area is 93.2 Å². The molecule has 1 fully saturated rings. The van der Waals surface area contributed by atoms with Crippen molar-refractivity contribution in [3.8, 4) is 0 Å². The SMILES string of the molecule is COC(=O)c1csc(C2(CN)CCC2)c1. The average Bonchev–Trinajstić information content (AvgIpc) is 2.65. The third kappa shape index (κ3) is 1.68. The van der Waals surface area contributed by atoms with Gasteiger partial charge in [-0.05, 0) is 18.9 Å². The molecule has 1 saturated carbocycles. The summed E-state index contributed by atoms with van der Waals surface area (Å²) >= 11 is 1.62. The summed E-state index contributed by atoms with van der Waals surface area (Å²) in [5.74, 6) is -0.260. The molecule has 3 nitrogen and oxygen atoms in total. The highest BCUT2D eigenvalue weighted by molar-refractivity contribution is 7.10. The topological polar surface area (TPSA) is 52.3 Å². The summed E-state index contributed by atoms with van der Waals surface area (Å²) in [6.45, 7) is 0.675. The normalized spacial score (nSPS) is 18.3. The van der Waals surface area contributed by atoms with Crippen LogP contribution in [0.25, 0.3) is 0 Å². The van der Waals surface area contributed by atoms with E-state index in [1.165, 1.54) is 18.4 Å². The quantitative estimate of drug-likeness (QED) is 0.799. The molecule has 0 radical (unpaired) electrons. The van der Waals surface area contributed by atoms with E-state index in [0.29, 0.717) is 12.1 Å². The van der Waals surface area contributed by atoms with Crippen LogP contribution >= 0.6 is 11.3 Å². The number of esters is 1. The largest absolute Gasteiger partial charge is 0.465 e. The van der Waals surface area contributed by atoms with Crippen molar-refractivity contribution in [3.05, 3.63) is 21.9 Å². The molecular weight excluding hydrogens is 210 g/mol. The van der Waals surface area contributed by atoms with Crippen LogP contribution in [-0.4, -0.2) is 19.6 Å². The number of nitrogens with two attached hydrogens (primary N) is 1. The molecule has 0 amide bonds. The van der Waals surface area contributed by atoms with Crippen LogP contribution in [0.1, 0.15) is 34.5 Å². The van der Waals surface area contributed by atoms with E-state index in [0.717, 1.165) is 12.8 Å². The summed E-state index contributed by atoms with van der Waals surface area (Å²) in [4.78, 5) is 12.5. The lowest BCUT2D eigenvalue weighted by molar-refractivity contribution is 0.0601. The highest BCUT2D eigenvalue weighted by Crippen LogP contribution is 2.45. The van der Waals surface area contributed by atoms with E-state index in [1.54, 1.807) is 11.3 Å². The number of ether oxygens (including phenoxy) is 1. The molecule has 0 atom stereocenters. The van der Waals surface area contributed by atoms with Gasteiger partial charge in [0, 0.05) is 22.2 Å². The van der Waals surface area contributed by atoms with E-state index in [9.17, 15) is 4.79 Å². The van der Waals surface area contributed by atoms with Crippen LogP contribution in [-0.2, 0) is 10.2 Å². The first-order valence-electron chi connectivity index (χ1n) is 5.09. The zero-order valence-electron chi connectivity index (χ0n) is 8.79. The highest BCUT2D eigenvalue weighted by atomic mass is 32.1. The first-order chi connectivity index (χ1) is 7.22. The lowest BCUT2D eigenvalue weighted by atomic mass is 9.68. The van der Waals surface area contributed by atoms with Gasteiger partial charge in [-0.1, -0.05) is 6.42 Å². The molecule has 1 aliphatic carbocycles. The third-order valence-corrected chi connectivity index (χ3v) is 4.42. The number of hydrogen-bond acceptors (Lipinski definition) is 4. The van der Waals surface area contributed by atoms with Crippen molar-refractivity contribution in [1.29, 1.82) is 0 Å². The van der Waals surface area contributed by atoms with Crippen molar-refractivity contribution in [2.45, 2.75) is 24.7 Å². The van der Waals surface area contributed by atoms with Crippen LogP contribution in [0.5, 0.6) is 0 Å². The van der Waals surface area contributed by atoms with Crippen LogP contribution in [0.3, 0.4) is 0 Å². The zero-order chi connectivity index (χ0) is 10.9. The second kappa shape index (κ2) is 3.94. The minimum absolute atomic E-state index is 0.150. The minimum atomic E-state index is -0.260. The summed E-state index contributed by atoms with van der Waals surface area (Å²) in [5, 5.41) is 1.86. The van der Waals surface area contributed by atoms with E-state index in [4.69, 9.17) is 5.73 Å². The molecule has 0 aliphatic heterocycles. The molecule has 1 aliphatic rings. The molecule has 0 saturated heterocycles. The van der Waals surface area contributed by atoms with Gasteiger partial charge in [0.1, 0.15) is 0 Å². The molecule has 2 rings (SSSR count). The molecule has 0 aromatic carbocycles. The predicted molar refractivity (Wildman–Crippen MR) is 60.2 cm³/mol. The minimum Gasteiger partial charge on any atom is -0.465 e. The molecule has 4 heteroatoms. The van der Waals surface area contributed by atoms with Crippen LogP contribution in [0, 0.1) is 0 Å². The Balaban J connectivity index is 2.23. The Hall–Kier alpha value is -0.870. The van der Waals surface area contributed by atoms with Crippen LogP contribution < -0.4 is 5.73 Å². The fraction of sp³-hybridized carbons (Fsp3) is 0.545. The van der Waals surface area contributed by atoms with Gasteiger partial charge in [-0.2, -0.15) is 0 Å². The number of carbonyl (C=O) groups is 1. The number of thiophene rings is 1. The molecule has 82 valence electrons. The lowest BCUT2D eigenvalue weighted by Crippen LogP contribution is -2.40. The first-order valence-corrected chi connectivity index (χ1v) is 5.97. The Bertz CT molecular complexity index is 363. The first kappa shape index (κ1) is 10.6. The van der Waals surface area contributed by atoms with Gasteiger partial charge in [-0.15, -0.1) is 11.3 Å². The summed E-state index contributed by atoms with van der Waals surface area (Å²) < 4.78 is 4.68. The van der Waals surface area contributed by atoms with E-state index in [2.05, 4.69) is 4.74 Å². The van der Waals surface area contributed by atoms with E-state index in [-0.39, 0.29) is 11.4 Å². The van der Waals surface area contributed by atoms with Gasteiger partial charge >= 0.3 is 5.97 Å². The molecule has 0 bridgehead atoms. The maximum atomic E-state index is 11.3. The van der Waals surface area contributed by atoms with Gasteiger partial charge in [-0.3, -0.25) is 0 Å². The Morgan fingerprint density at radius 1 is 1.67 bits per heavy atom. The van der Waals surface area contributed by atoms with Crippen LogP contribution in [0.4, 0.5) is 0 Å². The molecular formula is C11H15NO2S. The van der Waals surface area contributed by atoms with E-state index >= 15 is 0 Å². The zero-order valence-corrected chi connectivity index (χ0v) is 9.60. The number of carbonyl (C=O) groups excluding carboxylic acids is 1. The summed E-state index contributed by atoms with van der Waals surface area (Å²) in [5.41, 5.74) is 6.61. The molecule has 1 aromatic heterocycles. The average molecular weight is 225 g/mol. The number of hydrogen-bond donors (Lipinski definition) is 1. The van der Waals surface area contributed by atoms with Gasteiger partial charge in [0.05, 0.1) is 12.7 Å². The fourth-order valence-electron chi connectivity index (χ4n) is 1.99. The molecule has 0 spiro atoms. The van der Waals surface area contributed by atoms with Crippen LogP contribution in [0.2, 0.25) is 0 Å². The molecule has 1 heterocycles. The highest BCUT2D eigenvalue weighted by Gasteiger charge is 2.38. The van der Waals surface area contributed by atoms with Crippen LogP contribution in [0.15, 0.2) is 11.4 Å². The van der Waals surface area contributed by atoms with Crippen molar-refractivity contribution in [2.24, 2.45) is 5.73 Å². The van der Waals surface area contributed by atoms with E-state index in [1.807, 2.05) is 11.4 Å². The maximum Gasteiger partial charge on any atom is 0.338 e. The predicted octanol–water partition coefficient (Wildman–Crippen LogP) is 1.92. The summed E-state index contributed by atoms with van der Waals surface area (Å²) in [6.07, 6.45) is 3.53. The summed E-state index contributed by atoms with van der Waals surface area (Å²) in [7, 11) is 1.40. The number of rotatable bonds is 3. The van der Waals surface area contributed by atoms with Gasteiger partial charge in [-0.25, -0.2) is 4.79 Å². The van der Waals surface area contributed by atoms with Gasteiger partial charge in [0.25, 0.3) is 0 Å². The second-order valence-electron chi connectivity index (χ2n) is 4.03. The maximum absolute atomic E-state index is 11.3. The molecule has 15 heavy (non-hydrogen) atoms. The summed E-state index contributed by atoms with van der Waals surface area (Å²) in [6, 6.07) is 1.93. The second-order valence-corrected chi connectivity index (χ2v) is 4.94. The van der Waals surface area contributed by atoms with Gasteiger partial charge in [0.2, 0.25) is 0 Å². The van der Waals surface area contributed by atoms with Crippen molar-refractivity contribution < 1.29 is 9.53 Å². The standard InChI is InChI=1S/C11H15NO2S/c1-14-10(13)8-5-9(15-6-8)11(7-12)3-2-4-11/h5-6H,2-4,7,12H2,1H3. The Morgan fingerprint density at radius 2 is 2.40 bits per heavy atom. The smallest absolute Gasteiger partial charge is 0.338 e. The monoisotopic (exact) mass is 225 g/mol. The van der Waals surface area contributed by atoms with E-state index < -0.39 is 0 Å². The Morgan fingerprint density at radius 3 is 2.87 bits per heavy atom. The Kier molecular flexibility index (Phi) is 2.80. The number of methoxy groups -OCH3 is 1. The van der Waals surface area contributed by atoms with Crippen molar-refractivity contribution in [2.75, 3.05) is 13.7 Å². The molecule has 2 N–H and O–H groups in total. The molecule has 1 aromatic rings.